The van der Waals surface area contributed by atoms with Crippen molar-refractivity contribution in [2.75, 3.05) is 41.0 Å². The molecule has 0 aromatic heterocycles. The SMILES string of the molecule is CCCC1CCC(NC)C(N(CCOC)C(C)COC)C1. The van der Waals surface area contributed by atoms with Gasteiger partial charge in [-0.05, 0) is 39.2 Å². The van der Waals surface area contributed by atoms with Crippen LogP contribution in [0.5, 0.6) is 0 Å². The smallest absolute Gasteiger partial charge is 0.0615 e. The normalized spacial score (nSPS) is 28.0. The Morgan fingerprint density at radius 3 is 2.57 bits per heavy atom. The van der Waals surface area contributed by atoms with Crippen LogP contribution in [0, 0.1) is 5.92 Å². The topological polar surface area (TPSA) is 33.7 Å². The summed E-state index contributed by atoms with van der Waals surface area (Å²) in [5, 5.41) is 3.55. The fraction of sp³-hybridized carbons (Fsp3) is 1.00. The number of nitrogens with one attached hydrogen (secondary N) is 1. The third-order valence-electron chi connectivity index (χ3n) is 4.95. The van der Waals surface area contributed by atoms with Crippen molar-refractivity contribution < 1.29 is 9.47 Å². The van der Waals surface area contributed by atoms with Crippen molar-refractivity contribution in [3.63, 3.8) is 0 Å². The van der Waals surface area contributed by atoms with E-state index in [2.05, 4.69) is 31.1 Å². The van der Waals surface area contributed by atoms with Gasteiger partial charge in [-0.3, -0.25) is 4.90 Å². The van der Waals surface area contributed by atoms with E-state index in [-0.39, 0.29) is 0 Å². The van der Waals surface area contributed by atoms with Crippen LogP contribution in [0.3, 0.4) is 0 Å². The van der Waals surface area contributed by atoms with Crippen molar-refractivity contribution in [2.24, 2.45) is 5.92 Å². The van der Waals surface area contributed by atoms with Crippen molar-refractivity contribution in [1.29, 1.82) is 0 Å². The van der Waals surface area contributed by atoms with Crippen LogP contribution in [0.4, 0.5) is 0 Å². The summed E-state index contributed by atoms with van der Waals surface area (Å²) in [7, 11) is 5.68. The van der Waals surface area contributed by atoms with Gasteiger partial charge in [-0.1, -0.05) is 19.8 Å². The highest BCUT2D eigenvalue weighted by atomic mass is 16.5. The molecule has 0 spiro atoms. The van der Waals surface area contributed by atoms with E-state index in [0.717, 1.165) is 25.7 Å². The molecule has 0 aliphatic heterocycles. The van der Waals surface area contributed by atoms with E-state index in [4.69, 9.17) is 9.47 Å². The number of hydrogen-bond donors (Lipinski definition) is 1. The minimum atomic E-state index is 0.436. The molecule has 21 heavy (non-hydrogen) atoms. The largest absolute Gasteiger partial charge is 0.383 e. The van der Waals surface area contributed by atoms with Gasteiger partial charge in [0.2, 0.25) is 0 Å². The third-order valence-corrected chi connectivity index (χ3v) is 4.95. The quantitative estimate of drug-likeness (QED) is 0.672. The molecule has 0 radical (unpaired) electrons. The molecule has 1 aliphatic carbocycles. The number of ether oxygens (including phenoxy) is 2. The molecule has 0 heterocycles. The molecule has 4 atom stereocenters. The molecule has 0 amide bonds. The average molecular weight is 300 g/mol. The summed E-state index contributed by atoms with van der Waals surface area (Å²) in [4.78, 5) is 2.61. The van der Waals surface area contributed by atoms with Crippen LogP contribution >= 0.6 is 0 Å². The van der Waals surface area contributed by atoms with Crippen LogP contribution in [0.2, 0.25) is 0 Å². The minimum absolute atomic E-state index is 0.436. The minimum Gasteiger partial charge on any atom is -0.383 e. The maximum absolute atomic E-state index is 5.40. The highest BCUT2D eigenvalue weighted by Crippen LogP contribution is 2.31. The lowest BCUT2D eigenvalue weighted by Crippen LogP contribution is -2.56. The Morgan fingerprint density at radius 1 is 1.24 bits per heavy atom. The summed E-state index contributed by atoms with van der Waals surface area (Å²) < 4.78 is 10.7. The zero-order valence-electron chi connectivity index (χ0n) is 14.7. The Morgan fingerprint density at radius 2 is 2.00 bits per heavy atom. The Hall–Kier alpha value is -0.160. The molecule has 1 N–H and O–H groups in total. The van der Waals surface area contributed by atoms with Gasteiger partial charge in [0.15, 0.2) is 0 Å². The van der Waals surface area contributed by atoms with E-state index in [1.807, 2.05) is 0 Å². The van der Waals surface area contributed by atoms with Gasteiger partial charge >= 0.3 is 0 Å². The van der Waals surface area contributed by atoms with Crippen molar-refractivity contribution in [3.8, 4) is 0 Å². The highest BCUT2D eigenvalue weighted by Gasteiger charge is 2.35. The molecule has 0 aromatic rings. The van der Waals surface area contributed by atoms with Crippen LogP contribution < -0.4 is 5.32 Å². The zero-order valence-corrected chi connectivity index (χ0v) is 14.7. The van der Waals surface area contributed by atoms with Gasteiger partial charge in [0.25, 0.3) is 0 Å². The number of hydrogen-bond acceptors (Lipinski definition) is 4. The van der Waals surface area contributed by atoms with Crippen LogP contribution in [-0.4, -0.2) is 64.1 Å². The van der Waals surface area contributed by atoms with Gasteiger partial charge in [-0.25, -0.2) is 0 Å². The van der Waals surface area contributed by atoms with E-state index >= 15 is 0 Å². The van der Waals surface area contributed by atoms with E-state index < -0.39 is 0 Å². The first-order valence-electron chi connectivity index (χ1n) is 8.58. The van der Waals surface area contributed by atoms with E-state index in [1.165, 1.54) is 32.1 Å². The lowest BCUT2D eigenvalue weighted by atomic mass is 9.79. The molecule has 1 rings (SSSR count). The molecule has 126 valence electrons. The Labute approximate surface area is 131 Å². The number of rotatable bonds is 10. The number of likely N-dealkylation sites (N-methyl/N-ethyl adjacent to an activating group) is 1. The van der Waals surface area contributed by atoms with Crippen LogP contribution in [0.15, 0.2) is 0 Å². The fourth-order valence-corrected chi connectivity index (χ4v) is 3.85. The molecule has 1 saturated carbocycles. The Bertz CT molecular complexity index is 263. The molecule has 1 aliphatic rings. The van der Waals surface area contributed by atoms with Crippen LogP contribution in [0.25, 0.3) is 0 Å². The predicted octanol–water partition coefficient (Wildman–Crippen LogP) is 2.53. The summed E-state index contributed by atoms with van der Waals surface area (Å²) in [6.45, 7) is 7.14. The first kappa shape index (κ1) is 18.9. The van der Waals surface area contributed by atoms with Gasteiger partial charge < -0.3 is 14.8 Å². The number of methoxy groups -OCH3 is 2. The summed E-state index contributed by atoms with van der Waals surface area (Å²) in [5.41, 5.74) is 0. The predicted molar refractivity (Wildman–Crippen MR) is 88.8 cm³/mol. The Kier molecular flexibility index (Phi) is 9.49. The summed E-state index contributed by atoms with van der Waals surface area (Å²) in [5.74, 6) is 0.879. The molecular weight excluding hydrogens is 264 g/mol. The molecular formula is C17H36N2O2. The maximum Gasteiger partial charge on any atom is 0.0615 e. The van der Waals surface area contributed by atoms with Gasteiger partial charge in [0.05, 0.1) is 13.2 Å². The molecule has 4 nitrogen and oxygen atoms in total. The van der Waals surface area contributed by atoms with Crippen molar-refractivity contribution in [1.82, 2.24) is 10.2 Å². The van der Waals surface area contributed by atoms with E-state index in [1.54, 1.807) is 14.2 Å². The fourth-order valence-electron chi connectivity index (χ4n) is 3.85. The second-order valence-electron chi connectivity index (χ2n) is 6.47. The lowest BCUT2D eigenvalue weighted by Gasteiger charge is -2.45. The van der Waals surface area contributed by atoms with Gasteiger partial charge in [-0.15, -0.1) is 0 Å². The monoisotopic (exact) mass is 300 g/mol. The van der Waals surface area contributed by atoms with Gasteiger partial charge in [0, 0.05) is 38.9 Å². The lowest BCUT2D eigenvalue weighted by molar-refractivity contribution is 0.0136. The van der Waals surface area contributed by atoms with Crippen LogP contribution in [-0.2, 0) is 9.47 Å². The summed E-state index contributed by atoms with van der Waals surface area (Å²) in [6, 6.07) is 1.63. The Balaban J connectivity index is 2.77. The summed E-state index contributed by atoms with van der Waals surface area (Å²) in [6.07, 6.45) is 6.62. The van der Waals surface area contributed by atoms with Crippen molar-refractivity contribution >= 4 is 0 Å². The number of nitrogens with zero attached hydrogens (tertiary/aromatic N) is 1. The second-order valence-corrected chi connectivity index (χ2v) is 6.47. The average Bonchev–Trinajstić information content (AvgIpc) is 2.48. The van der Waals surface area contributed by atoms with Gasteiger partial charge in [-0.2, -0.15) is 0 Å². The molecule has 0 bridgehead atoms. The van der Waals surface area contributed by atoms with E-state index in [9.17, 15) is 0 Å². The molecule has 4 heteroatoms. The van der Waals surface area contributed by atoms with Crippen LogP contribution in [0.1, 0.15) is 46.0 Å². The standard InChI is InChI=1S/C17H36N2O2/c1-6-7-15-8-9-16(18-3)17(12-15)19(10-11-20-4)14(2)13-21-5/h14-18H,6-13H2,1-5H3. The second kappa shape index (κ2) is 10.5. The van der Waals surface area contributed by atoms with Crippen molar-refractivity contribution in [2.45, 2.75) is 64.1 Å². The first-order chi connectivity index (χ1) is 10.2. The van der Waals surface area contributed by atoms with Gasteiger partial charge in [0.1, 0.15) is 0 Å². The van der Waals surface area contributed by atoms with Crippen molar-refractivity contribution in [3.05, 3.63) is 0 Å². The maximum atomic E-state index is 5.40. The zero-order chi connectivity index (χ0) is 15.7. The van der Waals surface area contributed by atoms with E-state index in [0.29, 0.717) is 18.1 Å². The molecule has 0 saturated heterocycles. The highest BCUT2D eigenvalue weighted by molar-refractivity contribution is 4.92. The molecule has 0 aromatic carbocycles. The molecule has 1 fully saturated rings. The summed E-state index contributed by atoms with van der Waals surface area (Å²) >= 11 is 0. The first-order valence-corrected chi connectivity index (χ1v) is 8.58. The molecule has 4 unspecified atom stereocenters. The third kappa shape index (κ3) is 5.85.